The van der Waals surface area contributed by atoms with Gasteiger partial charge in [-0.1, -0.05) is 19.3 Å². The molecule has 3 atom stereocenters. The largest absolute Gasteiger partial charge is 0.394 e. The normalized spacial score (nSPS) is 30.9. The van der Waals surface area contributed by atoms with E-state index in [4.69, 9.17) is 4.74 Å². The Morgan fingerprint density at radius 2 is 2.10 bits per heavy atom. The van der Waals surface area contributed by atoms with Crippen LogP contribution in [-0.2, 0) is 9.53 Å². The van der Waals surface area contributed by atoms with Crippen LogP contribution in [-0.4, -0.2) is 59.9 Å². The molecule has 1 saturated carbocycles. The molecule has 0 aromatic carbocycles. The van der Waals surface area contributed by atoms with Crippen molar-refractivity contribution in [3.8, 4) is 0 Å². The van der Waals surface area contributed by atoms with E-state index >= 15 is 0 Å². The number of ether oxygens (including phenoxy) is 1. The van der Waals surface area contributed by atoms with Crippen molar-refractivity contribution in [2.75, 3.05) is 19.8 Å². The molecule has 0 aromatic heterocycles. The lowest BCUT2D eigenvalue weighted by Gasteiger charge is -2.40. The topological polar surface area (TPSA) is 61.8 Å². The van der Waals surface area contributed by atoms with E-state index in [9.17, 15) is 9.90 Å². The van der Waals surface area contributed by atoms with Gasteiger partial charge in [0, 0.05) is 18.6 Å². The van der Waals surface area contributed by atoms with Crippen LogP contribution in [0, 0.1) is 0 Å². The van der Waals surface area contributed by atoms with Gasteiger partial charge in [-0.25, -0.2) is 0 Å². The van der Waals surface area contributed by atoms with Gasteiger partial charge in [-0.2, -0.15) is 0 Å². The van der Waals surface area contributed by atoms with Crippen molar-refractivity contribution in [2.24, 2.45) is 0 Å². The molecule has 2 N–H and O–H groups in total. The van der Waals surface area contributed by atoms with Gasteiger partial charge < -0.3 is 15.2 Å². The smallest absolute Gasteiger partial charge is 0.237 e. The number of aliphatic hydroxyl groups excluding tert-OH is 1. The van der Waals surface area contributed by atoms with Gasteiger partial charge in [-0.15, -0.1) is 0 Å². The first-order chi connectivity index (χ1) is 9.61. The summed E-state index contributed by atoms with van der Waals surface area (Å²) in [5.41, 5.74) is 0. The average molecular weight is 284 g/mol. The van der Waals surface area contributed by atoms with Gasteiger partial charge in [-0.3, -0.25) is 9.69 Å². The summed E-state index contributed by atoms with van der Waals surface area (Å²) < 4.78 is 5.53. The highest BCUT2D eigenvalue weighted by Gasteiger charge is 2.32. The van der Waals surface area contributed by atoms with Crippen LogP contribution in [0.25, 0.3) is 0 Å². The summed E-state index contributed by atoms with van der Waals surface area (Å²) >= 11 is 0. The second kappa shape index (κ2) is 7.38. The zero-order valence-electron chi connectivity index (χ0n) is 12.7. The Balaban J connectivity index is 1.87. The molecule has 0 bridgehead atoms. The maximum absolute atomic E-state index is 12.4. The quantitative estimate of drug-likeness (QED) is 0.805. The third-order valence-electron chi connectivity index (χ3n) is 4.59. The van der Waals surface area contributed by atoms with E-state index in [-0.39, 0.29) is 30.7 Å². The highest BCUT2D eigenvalue weighted by atomic mass is 16.5. The van der Waals surface area contributed by atoms with Crippen molar-refractivity contribution in [3.63, 3.8) is 0 Å². The molecule has 1 heterocycles. The molecule has 2 aliphatic rings. The zero-order chi connectivity index (χ0) is 14.5. The monoisotopic (exact) mass is 284 g/mol. The van der Waals surface area contributed by atoms with Crippen molar-refractivity contribution < 1.29 is 14.6 Å². The maximum atomic E-state index is 12.4. The van der Waals surface area contributed by atoms with Gasteiger partial charge in [0.25, 0.3) is 0 Å². The number of nitrogens with zero attached hydrogens (tertiary/aromatic N) is 1. The van der Waals surface area contributed by atoms with Crippen LogP contribution in [0.4, 0.5) is 0 Å². The van der Waals surface area contributed by atoms with E-state index in [2.05, 4.69) is 17.1 Å². The highest BCUT2D eigenvalue weighted by molar-refractivity contribution is 5.81. The van der Waals surface area contributed by atoms with E-state index in [1.807, 2.05) is 6.92 Å². The summed E-state index contributed by atoms with van der Waals surface area (Å²) in [5.74, 6) is 0.113. The Kier molecular flexibility index (Phi) is 5.81. The van der Waals surface area contributed by atoms with Crippen LogP contribution in [0.5, 0.6) is 0 Å². The predicted octanol–water partition coefficient (Wildman–Crippen LogP) is 0.905. The van der Waals surface area contributed by atoms with E-state index in [0.717, 1.165) is 12.8 Å². The van der Waals surface area contributed by atoms with Crippen LogP contribution in [0.2, 0.25) is 0 Å². The Morgan fingerprint density at radius 3 is 2.75 bits per heavy atom. The molecule has 2 fully saturated rings. The minimum absolute atomic E-state index is 0.0141. The Bertz CT molecular complexity index is 318. The summed E-state index contributed by atoms with van der Waals surface area (Å²) in [7, 11) is 0. The van der Waals surface area contributed by atoms with Crippen LogP contribution in [0.3, 0.4) is 0 Å². The van der Waals surface area contributed by atoms with Gasteiger partial charge in [-0.05, 0) is 26.7 Å². The summed E-state index contributed by atoms with van der Waals surface area (Å²) in [6.45, 7) is 5.23. The Hall–Kier alpha value is -0.650. The molecule has 1 amide bonds. The molecule has 1 saturated heterocycles. The van der Waals surface area contributed by atoms with Gasteiger partial charge >= 0.3 is 0 Å². The van der Waals surface area contributed by atoms with Crippen LogP contribution < -0.4 is 5.32 Å². The Morgan fingerprint density at radius 1 is 1.40 bits per heavy atom. The molecule has 0 radical (unpaired) electrons. The fourth-order valence-electron chi connectivity index (χ4n) is 3.21. The first-order valence-corrected chi connectivity index (χ1v) is 7.90. The minimum atomic E-state index is -0.170. The summed E-state index contributed by atoms with van der Waals surface area (Å²) in [4.78, 5) is 14.5. The summed E-state index contributed by atoms with van der Waals surface area (Å²) in [6, 6.07) is 0.401. The van der Waals surface area contributed by atoms with Gasteiger partial charge in [0.1, 0.15) is 0 Å². The fraction of sp³-hybridized carbons (Fsp3) is 0.933. The van der Waals surface area contributed by atoms with E-state index < -0.39 is 0 Å². The number of morpholine rings is 1. The highest BCUT2D eigenvalue weighted by Crippen LogP contribution is 2.19. The van der Waals surface area contributed by atoms with Crippen LogP contribution in [0.15, 0.2) is 0 Å². The third kappa shape index (κ3) is 3.93. The fourth-order valence-corrected chi connectivity index (χ4v) is 3.21. The number of hydrogen-bond donors (Lipinski definition) is 2. The standard InChI is InChI=1S/C15H28N2O3/c1-11-10-20-14(9-18)8-17(11)12(2)15(19)16-13-6-4-3-5-7-13/h11-14,18H,3-10H2,1-2H3,(H,16,19). The molecule has 2 rings (SSSR count). The first-order valence-electron chi connectivity index (χ1n) is 7.90. The summed E-state index contributed by atoms with van der Waals surface area (Å²) in [6.07, 6.45) is 5.78. The lowest BCUT2D eigenvalue weighted by atomic mass is 9.95. The minimum Gasteiger partial charge on any atom is -0.394 e. The molecule has 20 heavy (non-hydrogen) atoms. The second-order valence-corrected chi connectivity index (χ2v) is 6.20. The third-order valence-corrected chi connectivity index (χ3v) is 4.59. The molecule has 116 valence electrons. The van der Waals surface area contributed by atoms with Crippen molar-refractivity contribution in [2.45, 2.75) is 70.2 Å². The van der Waals surface area contributed by atoms with Gasteiger partial charge in [0.05, 0.1) is 25.4 Å². The molecule has 3 unspecified atom stereocenters. The maximum Gasteiger partial charge on any atom is 0.237 e. The van der Waals surface area contributed by atoms with Crippen molar-refractivity contribution >= 4 is 5.91 Å². The van der Waals surface area contributed by atoms with Gasteiger partial charge in [0.2, 0.25) is 5.91 Å². The molecule has 0 spiro atoms. The molecular weight excluding hydrogens is 256 g/mol. The number of amides is 1. The predicted molar refractivity (Wildman–Crippen MR) is 77.5 cm³/mol. The van der Waals surface area contributed by atoms with E-state index in [0.29, 0.717) is 19.2 Å². The van der Waals surface area contributed by atoms with Crippen molar-refractivity contribution in [1.29, 1.82) is 0 Å². The molecule has 5 nitrogen and oxygen atoms in total. The Labute approximate surface area is 121 Å². The lowest BCUT2D eigenvalue weighted by Crippen LogP contribution is -2.57. The zero-order valence-corrected chi connectivity index (χ0v) is 12.7. The van der Waals surface area contributed by atoms with Crippen LogP contribution in [0.1, 0.15) is 46.0 Å². The number of rotatable bonds is 4. The van der Waals surface area contributed by atoms with Crippen molar-refractivity contribution in [3.05, 3.63) is 0 Å². The average Bonchev–Trinajstić information content (AvgIpc) is 2.48. The number of hydrogen-bond acceptors (Lipinski definition) is 4. The molecule has 1 aliphatic carbocycles. The van der Waals surface area contributed by atoms with Gasteiger partial charge in [0.15, 0.2) is 0 Å². The molecule has 1 aliphatic heterocycles. The second-order valence-electron chi connectivity index (χ2n) is 6.20. The molecule has 0 aromatic rings. The van der Waals surface area contributed by atoms with Crippen LogP contribution >= 0.6 is 0 Å². The van der Waals surface area contributed by atoms with E-state index in [1.54, 1.807) is 0 Å². The van der Waals surface area contributed by atoms with Crippen molar-refractivity contribution in [1.82, 2.24) is 10.2 Å². The first kappa shape index (κ1) is 15.7. The SMILES string of the molecule is CC1COC(CO)CN1C(C)C(=O)NC1CCCCC1. The lowest BCUT2D eigenvalue weighted by molar-refractivity contribution is -0.135. The number of carbonyl (C=O) groups is 1. The molecular formula is C15H28N2O3. The number of carbonyl (C=O) groups excluding carboxylic acids is 1. The molecule has 5 heteroatoms. The van der Waals surface area contributed by atoms with E-state index in [1.165, 1.54) is 19.3 Å². The number of aliphatic hydroxyl groups is 1. The summed E-state index contributed by atoms with van der Waals surface area (Å²) in [5, 5.41) is 12.4. The number of nitrogens with one attached hydrogen (secondary N) is 1.